The minimum absolute atomic E-state index is 0.00778. The number of thiophene rings is 1. The summed E-state index contributed by atoms with van der Waals surface area (Å²) in [7, 11) is 0. The Labute approximate surface area is 261 Å². The summed E-state index contributed by atoms with van der Waals surface area (Å²) in [5, 5.41) is 8.42. The van der Waals surface area contributed by atoms with Gasteiger partial charge in [-0.15, -0.1) is 21.5 Å². The number of aromatic nitrogens is 4. The molecule has 2 N–H and O–H groups in total. The maximum absolute atomic E-state index is 14.1. The van der Waals surface area contributed by atoms with Crippen LogP contribution in [0.15, 0.2) is 53.1 Å². The van der Waals surface area contributed by atoms with Crippen LogP contribution in [0.25, 0.3) is 21.9 Å². The number of amides is 2. The number of hydrogen-bond acceptors (Lipinski definition) is 9. The van der Waals surface area contributed by atoms with E-state index in [-0.39, 0.29) is 36.2 Å². The summed E-state index contributed by atoms with van der Waals surface area (Å²) in [4.78, 5) is 39.6. The molecule has 1 fully saturated rings. The molecule has 10 nitrogen and oxygen atoms in total. The molecule has 2 aliphatic heterocycles. The largest absolute Gasteiger partial charge is 0.487 e. The summed E-state index contributed by atoms with van der Waals surface area (Å²) < 4.78 is 25.7. The Hall–Kier alpha value is -4.97. The van der Waals surface area contributed by atoms with Crippen molar-refractivity contribution in [1.29, 1.82) is 0 Å². The van der Waals surface area contributed by atoms with Gasteiger partial charge in [0, 0.05) is 41.7 Å². The molecule has 0 unspecified atom stereocenters. The topological polar surface area (TPSA) is 137 Å². The lowest BCUT2D eigenvalue weighted by atomic mass is 9.91. The van der Waals surface area contributed by atoms with Crippen molar-refractivity contribution in [2.45, 2.75) is 51.2 Å². The minimum Gasteiger partial charge on any atom is -0.487 e. The van der Waals surface area contributed by atoms with Gasteiger partial charge in [0.05, 0.1) is 33.4 Å². The average molecular weight is 623 g/mol. The van der Waals surface area contributed by atoms with Gasteiger partial charge in [-0.25, -0.2) is 4.39 Å². The Morgan fingerprint density at radius 3 is 2.76 bits per heavy atom. The Kier molecular flexibility index (Phi) is 6.48. The molecule has 2 amide bonds. The zero-order chi connectivity index (χ0) is 30.8. The Morgan fingerprint density at radius 2 is 1.98 bits per heavy atom. The van der Waals surface area contributed by atoms with Gasteiger partial charge in [0.25, 0.3) is 11.8 Å². The van der Waals surface area contributed by atoms with Gasteiger partial charge in [-0.3, -0.25) is 19.6 Å². The van der Waals surface area contributed by atoms with Crippen LogP contribution in [0.4, 0.5) is 4.39 Å². The summed E-state index contributed by atoms with van der Waals surface area (Å²) in [6, 6.07) is 11.5. The third-order valence-corrected chi connectivity index (χ3v) is 10.0. The zero-order valence-corrected chi connectivity index (χ0v) is 25.1. The number of hydrogen-bond donors (Lipinski definition) is 1. The molecule has 6 heterocycles. The highest BCUT2D eigenvalue weighted by atomic mass is 32.1. The van der Waals surface area contributed by atoms with E-state index in [0.29, 0.717) is 56.0 Å². The number of rotatable bonds is 7. The van der Waals surface area contributed by atoms with Gasteiger partial charge in [0.2, 0.25) is 11.8 Å². The van der Waals surface area contributed by atoms with E-state index in [1.54, 1.807) is 25.3 Å². The first-order chi connectivity index (χ1) is 21.9. The van der Waals surface area contributed by atoms with Crippen LogP contribution in [-0.4, -0.2) is 43.4 Å². The highest BCUT2D eigenvalue weighted by Crippen LogP contribution is 2.51. The Balaban J connectivity index is 1.36. The monoisotopic (exact) mass is 622 g/mol. The number of ether oxygens (including phenoxy) is 1. The van der Waals surface area contributed by atoms with Crippen LogP contribution in [0.3, 0.4) is 0 Å². The highest BCUT2D eigenvalue weighted by Gasteiger charge is 2.45. The highest BCUT2D eigenvalue weighted by molar-refractivity contribution is 7.17. The molecule has 2 atom stereocenters. The first-order valence-corrected chi connectivity index (χ1v) is 15.6. The van der Waals surface area contributed by atoms with Crippen LogP contribution in [0.2, 0.25) is 0 Å². The van der Waals surface area contributed by atoms with E-state index in [2.05, 4.69) is 15.2 Å². The molecule has 3 aliphatic rings. The summed E-state index contributed by atoms with van der Waals surface area (Å²) >= 11 is 1.25. The summed E-state index contributed by atoms with van der Waals surface area (Å²) in [5.74, 6) is -0.119. The summed E-state index contributed by atoms with van der Waals surface area (Å²) in [6.07, 6.45) is 5.03. The van der Waals surface area contributed by atoms with Crippen molar-refractivity contribution in [3.05, 3.63) is 99.0 Å². The molecule has 8 rings (SSSR count). The molecule has 4 aromatic heterocycles. The van der Waals surface area contributed by atoms with Gasteiger partial charge in [0.15, 0.2) is 0 Å². The molecule has 0 spiro atoms. The van der Waals surface area contributed by atoms with E-state index in [1.165, 1.54) is 23.5 Å². The molecule has 1 aromatic carbocycles. The first kappa shape index (κ1) is 27.6. The maximum Gasteiger partial charge on any atom is 0.259 e. The fourth-order valence-corrected chi connectivity index (χ4v) is 8.06. The quantitative estimate of drug-likeness (QED) is 0.242. The molecule has 1 aliphatic carbocycles. The van der Waals surface area contributed by atoms with Crippen LogP contribution >= 0.6 is 11.3 Å². The fourth-order valence-electron chi connectivity index (χ4n) is 6.93. The average Bonchev–Trinajstić information content (AvgIpc) is 3.86. The number of halogens is 1. The van der Waals surface area contributed by atoms with Crippen molar-refractivity contribution in [3.8, 4) is 27.6 Å². The molecule has 5 aromatic rings. The number of aryl methyl sites for hydroxylation is 2. The van der Waals surface area contributed by atoms with Crippen LogP contribution in [0.5, 0.6) is 5.75 Å². The van der Waals surface area contributed by atoms with Gasteiger partial charge >= 0.3 is 0 Å². The number of carbonyl (C=O) groups is 2. The third-order valence-electron chi connectivity index (χ3n) is 8.85. The summed E-state index contributed by atoms with van der Waals surface area (Å²) in [6.45, 7) is 2.31. The van der Waals surface area contributed by atoms with Crippen LogP contribution in [-0.2, 0) is 13.0 Å². The Morgan fingerprint density at radius 1 is 1.13 bits per heavy atom. The lowest BCUT2D eigenvalue weighted by molar-refractivity contribution is 0.0776. The van der Waals surface area contributed by atoms with Gasteiger partial charge in [-0.1, -0.05) is 6.07 Å². The number of benzene rings is 1. The predicted molar refractivity (Wildman–Crippen MR) is 162 cm³/mol. The predicted octanol–water partition coefficient (Wildman–Crippen LogP) is 5.75. The van der Waals surface area contributed by atoms with Crippen molar-refractivity contribution in [1.82, 2.24) is 25.1 Å². The second-order valence-electron chi connectivity index (χ2n) is 11.5. The number of pyridine rings is 2. The molecule has 0 radical (unpaired) electrons. The molecule has 0 saturated carbocycles. The van der Waals surface area contributed by atoms with E-state index in [1.807, 2.05) is 23.1 Å². The molecule has 45 heavy (non-hydrogen) atoms. The third kappa shape index (κ3) is 4.50. The second-order valence-corrected chi connectivity index (χ2v) is 12.5. The number of primary amides is 1. The smallest absolute Gasteiger partial charge is 0.259 e. The van der Waals surface area contributed by atoms with Gasteiger partial charge in [0.1, 0.15) is 18.2 Å². The number of carbonyl (C=O) groups excluding carboxylic acids is 2. The van der Waals surface area contributed by atoms with Crippen molar-refractivity contribution < 1.29 is 23.1 Å². The van der Waals surface area contributed by atoms with E-state index >= 15 is 0 Å². The Bertz CT molecular complexity index is 2000. The fraction of sp³-hybridized carbons (Fsp3) is 0.273. The van der Waals surface area contributed by atoms with Crippen molar-refractivity contribution in [2.24, 2.45) is 5.73 Å². The first-order valence-electron chi connectivity index (χ1n) is 14.8. The van der Waals surface area contributed by atoms with E-state index in [9.17, 15) is 14.0 Å². The van der Waals surface area contributed by atoms with E-state index in [0.717, 1.165) is 42.5 Å². The molecular weight excluding hydrogens is 595 g/mol. The van der Waals surface area contributed by atoms with Gasteiger partial charge < -0.3 is 19.8 Å². The lowest BCUT2D eigenvalue weighted by Gasteiger charge is -2.16. The molecule has 1 saturated heterocycles. The molecule has 226 valence electrons. The van der Waals surface area contributed by atoms with Crippen molar-refractivity contribution >= 4 is 23.2 Å². The van der Waals surface area contributed by atoms with E-state index < -0.39 is 5.91 Å². The van der Waals surface area contributed by atoms with Crippen LogP contribution in [0.1, 0.15) is 85.4 Å². The SMILES string of the molecule is Cc1nnc(-c2c(COc3ccc(F)cc3)nc3c(c2-c2cc([C@@H]4CCc5ncccc54)c(C(N)=O)s2)C(=O)N2CCC[C@@H]32)o1. The molecule has 0 bridgehead atoms. The number of nitrogens with zero attached hydrogens (tertiary/aromatic N) is 5. The molecular formula is C33H27FN6O4S. The minimum atomic E-state index is -0.536. The van der Waals surface area contributed by atoms with Crippen molar-refractivity contribution in [2.75, 3.05) is 6.54 Å². The van der Waals surface area contributed by atoms with Gasteiger partial charge in [-0.05, 0) is 73.2 Å². The van der Waals surface area contributed by atoms with Gasteiger partial charge in [-0.2, -0.15) is 0 Å². The normalized spacial score (nSPS) is 18.3. The second kappa shape index (κ2) is 10.6. The van der Waals surface area contributed by atoms with E-state index in [4.69, 9.17) is 19.9 Å². The zero-order valence-electron chi connectivity index (χ0n) is 24.2. The van der Waals surface area contributed by atoms with Crippen LogP contribution in [0, 0.1) is 12.7 Å². The van der Waals surface area contributed by atoms with Crippen molar-refractivity contribution in [3.63, 3.8) is 0 Å². The lowest BCUT2D eigenvalue weighted by Crippen LogP contribution is -2.22. The standard InChI is InChI=1S/C33H27FN6O4S/c1-16-38-39-32(44-16)26-23(15-43-18-8-6-17(34)7-9-18)37-29-24-5-3-13-40(24)33(42)28(29)27(26)25-14-21(30(45-25)31(35)41)19-10-11-22-20(19)4-2-12-36-22/h2,4,6-9,12,14,19,24H,3,5,10-11,13,15H2,1H3,(H2,35,41)/t19-,24+/m1/s1. The van der Waals surface area contributed by atoms with Crippen LogP contribution < -0.4 is 10.5 Å². The number of fused-ring (bicyclic) bond motifs is 4. The number of nitrogens with two attached hydrogens (primary N) is 1. The summed E-state index contributed by atoms with van der Waals surface area (Å²) in [5.41, 5.74) is 11.5. The molecule has 12 heteroatoms. The maximum atomic E-state index is 14.1.